The highest BCUT2D eigenvalue weighted by atomic mass is 16.5. The van der Waals surface area contributed by atoms with Gasteiger partial charge in [-0.05, 0) is 48.9 Å². The maximum Gasteiger partial charge on any atom is 0.328 e. The number of ether oxygens (including phenoxy) is 1. The van der Waals surface area contributed by atoms with Crippen LogP contribution in [0.2, 0.25) is 0 Å². The Morgan fingerprint density at radius 2 is 1.78 bits per heavy atom. The van der Waals surface area contributed by atoms with Gasteiger partial charge >= 0.3 is 5.69 Å². The maximum absolute atomic E-state index is 11.9. The highest BCUT2D eigenvalue weighted by Gasteiger charge is 2.12. The first kappa shape index (κ1) is 16.7. The van der Waals surface area contributed by atoms with E-state index < -0.39 is 5.69 Å². The summed E-state index contributed by atoms with van der Waals surface area (Å²) in [6.45, 7) is 1.68. The minimum Gasteiger partial charge on any atom is -0.437 e. The molecule has 1 aromatic carbocycles. The summed E-state index contributed by atoms with van der Waals surface area (Å²) in [5, 5.41) is 0.938. The van der Waals surface area contributed by atoms with E-state index in [0.29, 0.717) is 28.4 Å². The number of nitrogens with zero attached hydrogens (tertiary/aromatic N) is 3. The summed E-state index contributed by atoms with van der Waals surface area (Å²) in [7, 11) is 1.62. The first-order valence-corrected chi connectivity index (χ1v) is 8.32. The third-order valence-corrected chi connectivity index (χ3v) is 4.39. The quantitative estimate of drug-likeness (QED) is 0.607. The number of pyridine rings is 2. The first-order chi connectivity index (χ1) is 13.0. The van der Waals surface area contributed by atoms with Crippen molar-refractivity contribution in [3.05, 3.63) is 81.3 Å². The van der Waals surface area contributed by atoms with Crippen LogP contribution in [0, 0.1) is 6.92 Å². The molecule has 0 bridgehead atoms. The zero-order valence-electron chi connectivity index (χ0n) is 14.8. The number of hydrogen-bond acceptors (Lipinski definition) is 5. The molecule has 0 aliphatic carbocycles. The highest BCUT2D eigenvalue weighted by Crippen LogP contribution is 2.28. The molecule has 0 aliphatic heterocycles. The van der Waals surface area contributed by atoms with Gasteiger partial charge in [0.25, 0.3) is 5.56 Å². The van der Waals surface area contributed by atoms with E-state index in [1.807, 2.05) is 18.2 Å². The van der Waals surface area contributed by atoms with Crippen LogP contribution in [0.15, 0.2) is 64.4 Å². The number of hydrogen-bond donors (Lipinski definition) is 1. The Morgan fingerprint density at radius 3 is 2.56 bits per heavy atom. The fraction of sp³-hybridized carbons (Fsp3) is 0.100. The molecule has 3 heterocycles. The van der Waals surface area contributed by atoms with Gasteiger partial charge in [-0.1, -0.05) is 6.07 Å². The van der Waals surface area contributed by atoms with Crippen LogP contribution in [-0.4, -0.2) is 19.5 Å². The van der Waals surface area contributed by atoms with Crippen molar-refractivity contribution >= 4 is 10.9 Å². The molecule has 134 valence electrons. The Morgan fingerprint density at radius 1 is 1.00 bits per heavy atom. The number of rotatable bonds is 3. The molecule has 0 radical (unpaired) electrons. The Kier molecular flexibility index (Phi) is 4.04. The summed E-state index contributed by atoms with van der Waals surface area (Å²) >= 11 is 0. The normalized spacial score (nSPS) is 10.9. The lowest BCUT2D eigenvalue weighted by Gasteiger charge is -2.12. The Labute approximate surface area is 153 Å². The van der Waals surface area contributed by atoms with Gasteiger partial charge < -0.3 is 4.74 Å². The van der Waals surface area contributed by atoms with E-state index in [2.05, 4.69) is 15.0 Å². The second-order valence-corrected chi connectivity index (χ2v) is 6.11. The minimum absolute atomic E-state index is 0.389. The second-order valence-electron chi connectivity index (χ2n) is 6.11. The van der Waals surface area contributed by atoms with Crippen LogP contribution in [-0.2, 0) is 7.05 Å². The third kappa shape index (κ3) is 2.99. The molecule has 3 aromatic heterocycles. The number of H-pyrrole nitrogens is 1. The van der Waals surface area contributed by atoms with Gasteiger partial charge in [0.1, 0.15) is 11.3 Å². The van der Waals surface area contributed by atoms with Crippen LogP contribution in [0.1, 0.15) is 5.56 Å². The lowest BCUT2D eigenvalue weighted by molar-refractivity contribution is 0.468. The largest absolute Gasteiger partial charge is 0.437 e. The van der Waals surface area contributed by atoms with Gasteiger partial charge in [0, 0.05) is 30.4 Å². The SMILES string of the molecule is Cc1c(-c2ccc(Oc3nccc4cccnc34)cc2)n(C)c(=O)[nH]c1=O. The van der Waals surface area contributed by atoms with E-state index in [1.54, 1.807) is 50.6 Å². The molecule has 7 nitrogen and oxygen atoms in total. The lowest BCUT2D eigenvalue weighted by Crippen LogP contribution is -2.31. The molecule has 1 N–H and O–H groups in total. The van der Waals surface area contributed by atoms with E-state index in [-0.39, 0.29) is 5.56 Å². The first-order valence-electron chi connectivity index (χ1n) is 8.32. The molecule has 7 heteroatoms. The Bertz CT molecular complexity index is 1220. The number of aromatic amines is 1. The highest BCUT2D eigenvalue weighted by molar-refractivity contribution is 5.82. The number of benzene rings is 1. The molecular weight excluding hydrogens is 344 g/mol. The number of nitrogens with one attached hydrogen (secondary N) is 1. The summed E-state index contributed by atoms with van der Waals surface area (Å²) in [5.74, 6) is 0.998. The van der Waals surface area contributed by atoms with Crippen LogP contribution in [0.5, 0.6) is 11.6 Å². The van der Waals surface area contributed by atoms with Crippen molar-refractivity contribution in [2.24, 2.45) is 7.05 Å². The van der Waals surface area contributed by atoms with Gasteiger partial charge in [-0.25, -0.2) is 9.78 Å². The van der Waals surface area contributed by atoms with Crippen molar-refractivity contribution in [3.63, 3.8) is 0 Å². The van der Waals surface area contributed by atoms with Crippen LogP contribution < -0.4 is 16.0 Å². The van der Waals surface area contributed by atoms with E-state index >= 15 is 0 Å². The molecule has 27 heavy (non-hydrogen) atoms. The summed E-state index contributed by atoms with van der Waals surface area (Å²) in [6.07, 6.45) is 3.36. The molecule has 0 saturated carbocycles. The summed E-state index contributed by atoms with van der Waals surface area (Å²) in [6, 6.07) is 12.8. The average molecular weight is 360 g/mol. The van der Waals surface area contributed by atoms with Gasteiger partial charge in [-0.3, -0.25) is 19.3 Å². The monoisotopic (exact) mass is 360 g/mol. The van der Waals surface area contributed by atoms with Crippen molar-refractivity contribution in [1.29, 1.82) is 0 Å². The molecule has 0 spiro atoms. The zero-order valence-corrected chi connectivity index (χ0v) is 14.8. The Hall–Kier alpha value is -3.74. The van der Waals surface area contributed by atoms with E-state index in [1.165, 1.54) is 4.57 Å². The van der Waals surface area contributed by atoms with Crippen molar-refractivity contribution < 1.29 is 4.74 Å². The van der Waals surface area contributed by atoms with Gasteiger partial charge in [0.15, 0.2) is 0 Å². The average Bonchev–Trinajstić information content (AvgIpc) is 2.68. The smallest absolute Gasteiger partial charge is 0.328 e. The van der Waals surface area contributed by atoms with E-state index in [0.717, 1.165) is 10.9 Å². The Balaban J connectivity index is 1.72. The van der Waals surface area contributed by atoms with E-state index in [9.17, 15) is 9.59 Å². The standard InChI is InChI=1S/C20H16N4O3/c1-12-17(24(2)20(26)23-18(12)25)14-5-7-15(8-6-14)27-19-16-13(9-11-22-19)4-3-10-21-16/h3-11H,1-2H3,(H,23,25,26). The molecule has 0 unspecified atom stereocenters. The predicted octanol–water partition coefficient (Wildman–Crippen LogP) is 2.78. The van der Waals surface area contributed by atoms with Crippen molar-refractivity contribution in [3.8, 4) is 22.9 Å². The number of aromatic nitrogens is 4. The van der Waals surface area contributed by atoms with Crippen LogP contribution in [0.3, 0.4) is 0 Å². The third-order valence-electron chi connectivity index (χ3n) is 4.39. The molecule has 0 saturated heterocycles. The maximum atomic E-state index is 11.9. The van der Waals surface area contributed by atoms with Crippen molar-refractivity contribution in [1.82, 2.24) is 19.5 Å². The molecule has 4 aromatic rings. The minimum atomic E-state index is -0.452. The van der Waals surface area contributed by atoms with Crippen molar-refractivity contribution in [2.45, 2.75) is 6.92 Å². The summed E-state index contributed by atoms with van der Waals surface area (Å²) in [4.78, 5) is 34.7. The molecule has 0 aliphatic rings. The molecular formula is C20H16N4O3. The van der Waals surface area contributed by atoms with Crippen molar-refractivity contribution in [2.75, 3.05) is 0 Å². The van der Waals surface area contributed by atoms with Gasteiger partial charge in [0.2, 0.25) is 5.88 Å². The predicted molar refractivity (Wildman–Crippen MR) is 102 cm³/mol. The van der Waals surface area contributed by atoms with Gasteiger partial charge in [0.05, 0.1) is 5.69 Å². The van der Waals surface area contributed by atoms with Gasteiger partial charge in [-0.2, -0.15) is 0 Å². The molecule has 0 atom stereocenters. The fourth-order valence-electron chi connectivity index (χ4n) is 2.99. The fourth-order valence-corrected chi connectivity index (χ4v) is 2.99. The van der Waals surface area contributed by atoms with E-state index in [4.69, 9.17) is 4.74 Å². The molecule has 4 rings (SSSR count). The zero-order chi connectivity index (χ0) is 19.0. The topological polar surface area (TPSA) is 89.9 Å². The molecule has 0 amide bonds. The lowest BCUT2D eigenvalue weighted by atomic mass is 10.1. The number of fused-ring (bicyclic) bond motifs is 1. The summed E-state index contributed by atoms with van der Waals surface area (Å²) in [5.41, 5.74) is 1.63. The van der Waals surface area contributed by atoms with Gasteiger partial charge in [-0.15, -0.1) is 0 Å². The molecule has 0 fully saturated rings. The van der Waals surface area contributed by atoms with Crippen LogP contribution in [0.4, 0.5) is 0 Å². The second kappa shape index (κ2) is 6.53. The summed E-state index contributed by atoms with van der Waals surface area (Å²) < 4.78 is 7.30. The van der Waals surface area contributed by atoms with Crippen LogP contribution in [0.25, 0.3) is 22.2 Å². The van der Waals surface area contributed by atoms with Crippen LogP contribution >= 0.6 is 0 Å².